The molecule has 0 aliphatic heterocycles. The van der Waals surface area contributed by atoms with Gasteiger partial charge in [-0.1, -0.05) is 53.5 Å². The summed E-state index contributed by atoms with van der Waals surface area (Å²) in [5, 5.41) is 16.5. The normalized spacial score (nSPS) is 11.0. The molecule has 0 aliphatic carbocycles. The molecule has 132 valence electrons. The summed E-state index contributed by atoms with van der Waals surface area (Å²) in [6.07, 6.45) is 1.39. The number of carbonyl (C=O) groups excluding carboxylic acids is 1. The monoisotopic (exact) mass is 388 g/mol. The van der Waals surface area contributed by atoms with Gasteiger partial charge in [0, 0.05) is 10.6 Å². The van der Waals surface area contributed by atoms with Crippen molar-refractivity contribution >= 4 is 46.1 Å². The molecular formula is C19H14Cl2N2O3. The van der Waals surface area contributed by atoms with Crippen LogP contribution in [0, 0.1) is 0 Å². The van der Waals surface area contributed by atoms with Crippen molar-refractivity contribution in [3.8, 4) is 11.5 Å². The minimum atomic E-state index is -0.466. The highest BCUT2D eigenvalue weighted by atomic mass is 35.5. The van der Waals surface area contributed by atoms with Crippen LogP contribution in [0.2, 0.25) is 10.0 Å². The lowest BCUT2D eigenvalue weighted by molar-refractivity contribution is -0.123. The van der Waals surface area contributed by atoms with Crippen LogP contribution in [-0.2, 0) is 4.79 Å². The van der Waals surface area contributed by atoms with E-state index in [2.05, 4.69) is 10.5 Å². The van der Waals surface area contributed by atoms with Gasteiger partial charge in [-0.25, -0.2) is 5.43 Å². The molecule has 2 N–H and O–H groups in total. The van der Waals surface area contributed by atoms with Crippen LogP contribution in [0.1, 0.15) is 5.56 Å². The molecule has 5 nitrogen and oxygen atoms in total. The average molecular weight is 389 g/mol. The zero-order valence-corrected chi connectivity index (χ0v) is 15.0. The topological polar surface area (TPSA) is 70.9 Å². The molecule has 7 heteroatoms. The Morgan fingerprint density at radius 3 is 2.77 bits per heavy atom. The van der Waals surface area contributed by atoms with Crippen molar-refractivity contribution < 1.29 is 14.6 Å². The van der Waals surface area contributed by atoms with E-state index in [0.29, 0.717) is 21.4 Å². The van der Waals surface area contributed by atoms with Gasteiger partial charge in [0.2, 0.25) is 0 Å². The van der Waals surface area contributed by atoms with Crippen molar-refractivity contribution in [2.75, 3.05) is 6.61 Å². The second kappa shape index (κ2) is 8.08. The standard InChI is InChI=1S/C19H14Cl2N2O3/c20-13-6-8-18(16(21)9-13)26-11-19(25)23-22-10-15-14-4-2-1-3-12(14)5-7-17(15)24/h1-10,24H,11H2,(H,23,25). The van der Waals surface area contributed by atoms with E-state index in [1.165, 1.54) is 12.3 Å². The quantitative estimate of drug-likeness (QED) is 0.503. The molecule has 0 atom stereocenters. The number of phenolic OH excluding ortho intramolecular Hbond substituents is 1. The van der Waals surface area contributed by atoms with Crippen LogP contribution in [0.15, 0.2) is 59.7 Å². The number of carbonyl (C=O) groups is 1. The van der Waals surface area contributed by atoms with Gasteiger partial charge in [0.1, 0.15) is 11.5 Å². The highest BCUT2D eigenvalue weighted by molar-refractivity contribution is 6.35. The first kappa shape index (κ1) is 18.0. The molecule has 0 heterocycles. The Morgan fingerprint density at radius 2 is 1.96 bits per heavy atom. The largest absolute Gasteiger partial charge is 0.507 e. The Morgan fingerprint density at radius 1 is 1.15 bits per heavy atom. The van der Waals surface area contributed by atoms with Gasteiger partial charge in [-0.3, -0.25) is 4.79 Å². The molecule has 0 unspecified atom stereocenters. The number of rotatable bonds is 5. The first-order valence-corrected chi connectivity index (χ1v) is 8.40. The molecule has 0 spiro atoms. The highest BCUT2D eigenvalue weighted by Crippen LogP contribution is 2.27. The Bertz CT molecular complexity index is 990. The van der Waals surface area contributed by atoms with E-state index in [1.54, 1.807) is 18.2 Å². The number of hydrazone groups is 1. The number of amides is 1. The zero-order chi connectivity index (χ0) is 18.5. The minimum Gasteiger partial charge on any atom is -0.507 e. The van der Waals surface area contributed by atoms with Gasteiger partial charge in [0.05, 0.1) is 11.2 Å². The van der Waals surface area contributed by atoms with Crippen molar-refractivity contribution in [1.82, 2.24) is 5.43 Å². The summed E-state index contributed by atoms with van der Waals surface area (Å²) in [6, 6.07) is 15.7. The van der Waals surface area contributed by atoms with Crippen LogP contribution >= 0.6 is 23.2 Å². The Hall–Kier alpha value is -2.76. The van der Waals surface area contributed by atoms with Crippen molar-refractivity contribution in [3.05, 3.63) is 70.2 Å². The maximum Gasteiger partial charge on any atom is 0.277 e. The van der Waals surface area contributed by atoms with Gasteiger partial charge < -0.3 is 9.84 Å². The van der Waals surface area contributed by atoms with Crippen molar-refractivity contribution in [1.29, 1.82) is 0 Å². The van der Waals surface area contributed by atoms with Crippen LogP contribution in [0.4, 0.5) is 0 Å². The summed E-state index contributed by atoms with van der Waals surface area (Å²) in [6.45, 7) is -0.264. The van der Waals surface area contributed by atoms with Crippen LogP contribution < -0.4 is 10.2 Å². The molecule has 0 saturated carbocycles. The summed E-state index contributed by atoms with van der Waals surface area (Å²) in [7, 11) is 0. The molecule has 0 radical (unpaired) electrons. The predicted molar refractivity (Wildman–Crippen MR) is 103 cm³/mol. The second-order valence-corrected chi connectivity index (χ2v) is 6.22. The highest BCUT2D eigenvalue weighted by Gasteiger charge is 2.07. The fourth-order valence-corrected chi connectivity index (χ4v) is 2.82. The summed E-state index contributed by atoms with van der Waals surface area (Å²) < 4.78 is 5.32. The SMILES string of the molecule is O=C(COc1ccc(Cl)cc1Cl)NN=Cc1c(O)ccc2ccccc12. The predicted octanol–water partition coefficient (Wildman–Crippen LogP) is 4.38. The maximum atomic E-state index is 11.9. The molecule has 0 fully saturated rings. The number of aromatic hydroxyl groups is 1. The number of nitrogens with one attached hydrogen (secondary N) is 1. The van der Waals surface area contributed by atoms with E-state index < -0.39 is 5.91 Å². The lowest BCUT2D eigenvalue weighted by Crippen LogP contribution is -2.24. The van der Waals surface area contributed by atoms with Gasteiger partial charge in [-0.2, -0.15) is 5.10 Å². The number of hydrogen-bond acceptors (Lipinski definition) is 4. The summed E-state index contributed by atoms with van der Waals surface area (Å²) >= 11 is 11.8. The number of halogens is 2. The molecule has 3 rings (SSSR count). The Balaban J connectivity index is 1.64. The molecule has 3 aromatic carbocycles. The molecule has 0 aliphatic rings. The number of hydrogen-bond donors (Lipinski definition) is 2. The smallest absolute Gasteiger partial charge is 0.277 e. The first-order chi connectivity index (χ1) is 12.5. The van der Waals surface area contributed by atoms with E-state index in [9.17, 15) is 9.90 Å². The summed E-state index contributed by atoms with van der Waals surface area (Å²) in [5.41, 5.74) is 2.87. The molecule has 1 amide bonds. The third-order valence-electron chi connectivity index (χ3n) is 3.58. The average Bonchev–Trinajstić information content (AvgIpc) is 2.63. The Labute approximate surface area is 159 Å². The Kier molecular flexibility index (Phi) is 5.61. The fraction of sp³-hybridized carbons (Fsp3) is 0.0526. The number of phenols is 1. The number of fused-ring (bicyclic) bond motifs is 1. The molecule has 0 bridgehead atoms. The van der Waals surface area contributed by atoms with E-state index in [0.717, 1.165) is 10.8 Å². The van der Waals surface area contributed by atoms with Crippen LogP contribution in [-0.4, -0.2) is 23.8 Å². The third kappa shape index (κ3) is 4.25. The molecule has 3 aromatic rings. The second-order valence-electron chi connectivity index (χ2n) is 5.38. The zero-order valence-electron chi connectivity index (χ0n) is 13.4. The van der Waals surface area contributed by atoms with E-state index in [4.69, 9.17) is 27.9 Å². The number of nitrogens with zero attached hydrogens (tertiary/aromatic N) is 1. The van der Waals surface area contributed by atoms with Gasteiger partial charge in [0.25, 0.3) is 5.91 Å². The molecular weight excluding hydrogens is 375 g/mol. The number of benzene rings is 3. The van der Waals surface area contributed by atoms with Crippen LogP contribution in [0.3, 0.4) is 0 Å². The van der Waals surface area contributed by atoms with E-state index >= 15 is 0 Å². The van der Waals surface area contributed by atoms with Crippen molar-refractivity contribution in [2.45, 2.75) is 0 Å². The number of ether oxygens (including phenoxy) is 1. The van der Waals surface area contributed by atoms with Crippen LogP contribution in [0.5, 0.6) is 11.5 Å². The fourth-order valence-electron chi connectivity index (χ4n) is 2.36. The summed E-state index contributed by atoms with van der Waals surface area (Å²) in [5.74, 6) is -0.0419. The van der Waals surface area contributed by atoms with E-state index in [-0.39, 0.29) is 12.4 Å². The van der Waals surface area contributed by atoms with Crippen molar-refractivity contribution in [2.24, 2.45) is 5.10 Å². The van der Waals surface area contributed by atoms with Crippen molar-refractivity contribution in [3.63, 3.8) is 0 Å². The minimum absolute atomic E-state index is 0.0749. The summed E-state index contributed by atoms with van der Waals surface area (Å²) in [4.78, 5) is 11.9. The lowest BCUT2D eigenvalue weighted by atomic mass is 10.0. The van der Waals surface area contributed by atoms with Crippen LogP contribution in [0.25, 0.3) is 10.8 Å². The van der Waals surface area contributed by atoms with E-state index in [1.807, 2.05) is 30.3 Å². The van der Waals surface area contributed by atoms with Gasteiger partial charge in [-0.05, 0) is 35.0 Å². The first-order valence-electron chi connectivity index (χ1n) is 7.65. The van der Waals surface area contributed by atoms with Gasteiger partial charge in [0.15, 0.2) is 6.61 Å². The van der Waals surface area contributed by atoms with Gasteiger partial charge >= 0.3 is 0 Å². The third-order valence-corrected chi connectivity index (χ3v) is 4.11. The molecule has 26 heavy (non-hydrogen) atoms. The maximum absolute atomic E-state index is 11.9. The molecule has 0 saturated heterocycles. The van der Waals surface area contributed by atoms with Gasteiger partial charge in [-0.15, -0.1) is 0 Å². The lowest BCUT2D eigenvalue weighted by Gasteiger charge is -2.07. The molecule has 0 aromatic heterocycles.